The fraction of sp³-hybridized carbons (Fsp3) is 0.702. The predicted molar refractivity (Wildman–Crippen MR) is 317 cm³/mol. The van der Waals surface area contributed by atoms with Gasteiger partial charge in [-0.3, -0.25) is 39.7 Å². The number of likely N-dealkylation sites (N-methyl/N-ethyl adjacent to an activating group) is 4. The molecular formula is C57H87N11O27. The van der Waals surface area contributed by atoms with E-state index in [1.807, 2.05) is 0 Å². The standard InChI is InChI=1S/C22H24N2O8.C21H39N7O12.C14H24N2O7/c1-21(31)8-5-4-6-11(25)12(8)16(26)13-9(21)7-10-15(24(2)3)17(27)14(20(23)30)19(29)22(10,32)18(13)28;1-5-21(36,4-30)16(40-17-9(26-2)13(34)10(31)6(3-29)38-17)18(37-5)39-15-8(28-20(24)25)11(32)7(27-19(22)23)12(33)14(15)35;1-5-4-6(17)14(20)13(21-5)22-12-10(19)7(15-2)9(18)8(16-3)11(12)23-14/h4-6,9-10,15,25,27-28,31-32H,7H2,1-3H3,(H2,23,30);4-18,26,29,31-36H,3H2,1-2H3,(H4,22,23,27)(H4,24,25,28);5,7-13,15-16,18-20H,4H2,1-3H3/t9-,10-,15-,21+,22-;5-,6-,7+,8-,9-,10-,11+,12-,13-,14+,15+,16-,17-,18-,21+;5-,7-,8+,9+,10+,11-,12-,13+,14+/m001/s1. The first kappa shape index (κ1) is 74.7. The van der Waals surface area contributed by atoms with Gasteiger partial charge in [0, 0.05) is 23.8 Å². The van der Waals surface area contributed by atoms with Gasteiger partial charge in [-0.25, -0.2) is 0 Å². The number of carbonyl (C=O) groups is 5. The number of nitrogens with two attached hydrogens (primary N) is 3. The second-order valence-corrected chi connectivity index (χ2v) is 25.3. The lowest BCUT2D eigenvalue weighted by Gasteiger charge is -2.55. The summed E-state index contributed by atoms with van der Waals surface area (Å²) in [7, 11) is 7.72. The Kier molecular flexibility index (Phi) is 22.0. The molecule has 10 rings (SSSR count). The molecule has 4 aliphatic heterocycles. The number of nitrogens with one attached hydrogen (secondary N) is 7. The number of rotatable bonds is 13. The Bertz CT molecular complexity index is 3170. The van der Waals surface area contributed by atoms with Crippen molar-refractivity contribution in [2.24, 2.45) is 29.0 Å². The zero-order valence-corrected chi connectivity index (χ0v) is 52.7. The molecule has 4 heterocycles. The third-order valence-corrected chi connectivity index (χ3v) is 19.4. The molecule has 9 aliphatic rings. The fourth-order valence-corrected chi connectivity index (χ4v) is 14.4. The van der Waals surface area contributed by atoms with Crippen molar-refractivity contribution in [3.8, 4) is 5.75 Å². The van der Waals surface area contributed by atoms with E-state index in [0.717, 1.165) is 0 Å². The molecule has 4 saturated heterocycles. The summed E-state index contributed by atoms with van der Waals surface area (Å²) < 4.78 is 39.8. The summed E-state index contributed by atoms with van der Waals surface area (Å²) in [4.78, 5) is 64.1. The highest BCUT2D eigenvalue weighted by Gasteiger charge is 2.68. The van der Waals surface area contributed by atoms with E-state index in [1.54, 1.807) is 21.0 Å². The number of aliphatic hydroxyl groups is 14. The van der Waals surface area contributed by atoms with E-state index in [9.17, 15) is 101 Å². The van der Waals surface area contributed by atoms with E-state index in [2.05, 4.69) is 26.6 Å². The van der Waals surface area contributed by atoms with Crippen LogP contribution in [0, 0.1) is 22.7 Å². The molecule has 38 heteroatoms. The summed E-state index contributed by atoms with van der Waals surface area (Å²) in [5.74, 6) is -11.9. The molecule has 1 aromatic rings. The number of hydrogen-bond acceptors (Lipinski definition) is 33. The van der Waals surface area contributed by atoms with Gasteiger partial charge in [-0.15, -0.1) is 0 Å². The highest BCUT2D eigenvalue weighted by Crippen LogP contribution is 2.57. The van der Waals surface area contributed by atoms with Crippen LogP contribution >= 0.6 is 0 Å². The monoisotopic (exact) mass is 1360 g/mol. The SMILES string of the molecule is CN(C)[C@@H]1C(O)=C(C(N)=O)C(=O)[C@@]2(O)C(O)=C3C(=O)c4c(O)cccc4[C@@](C)(O)[C@H]3C[C@@H]12.CN[C@@H]1[C@H](O)[C@H](NC)[C@H]2O[C@@]3(O)C(=O)C[C@@H](C)O[C@H]3O[C@@H]2[C@H]1O.CN[C@@H]1[C@H](O[C@H]2[C@H](O[C@H]3[C@H](O)[C@@H](O)[C@H](NC(=N)N)[C@@H](O)[C@@H]3NC(=N)N)O[C@@H](C)[C@]2(O)C=O)O[C@@H](CO)[C@H](O)[C@H]1O. The van der Waals surface area contributed by atoms with Crippen LogP contribution in [0.4, 0.5) is 0 Å². The molecule has 6 fully saturated rings. The topological polar surface area (TPSA) is 643 Å². The largest absolute Gasteiger partial charge is 0.510 e. The van der Waals surface area contributed by atoms with Crippen LogP contribution in [-0.4, -0.2) is 322 Å². The van der Waals surface area contributed by atoms with Crippen molar-refractivity contribution in [3.05, 3.63) is 52.0 Å². The summed E-state index contributed by atoms with van der Waals surface area (Å²) >= 11 is 0. The van der Waals surface area contributed by atoms with Gasteiger partial charge < -0.3 is 154 Å². The number of aliphatic hydroxyl groups excluding tert-OH is 10. The molecule has 0 spiro atoms. The number of carbonyl (C=O) groups excluding carboxylic acids is 5. The Balaban J connectivity index is 0.000000189. The number of aldehydes is 1. The van der Waals surface area contributed by atoms with Gasteiger partial charge >= 0.3 is 0 Å². The van der Waals surface area contributed by atoms with Crippen LogP contribution in [0.5, 0.6) is 5.75 Å². The second kappa shape index (κ2) is 28.0. The van der Waals surface area contributed by atoms with Crippen molar-refractivity contribution in [1.82, 2.24) is 31.5 Å². The molecule has 5 aliphatic carbocycles. The molecule has 28 N–H and O–H groups in total. The van der Waals surface area contributed by atoms with Crippen molar-refractivity contribution in [1.29, 1.82) is 10.8 Å². The van der Waals surface area contributed by atoms with Gasteiger partial charge in [0.05, 0.1) is 78.4 Å². The van der Waals surface area contributed by atoms with Crippen molar-refractivity contribution in [2.45, 2.75) is 197 Å². The molecule has 0 bridgehead atoms. The Labute approximate surface area is 541 Å². The van der Waals surface area contributed by atoms with Crippen molar-refractivity contribution in [3.63, 3.8) is 0 Å². The number of primary amides is 1. The number of amides is 1. The summed E-state index contributed by atoms with van der Waals surface area (Å²) in [5, 5.41) is 189. The number of phenolic OH excluding ortho intramolecular Hbond substituents is 1. The number of fused-ring (bicyclic) bond motifs is 5. The lowest BCUT2D eigenvalue weighted by atomic mass is 9.55. The van der Waals surface area contributed by atoms with Gasteiger partial charge in [0.25, 0.3) is 11.7 Å². The van der Waals surface area contributed by atoms with Gasteiger partial charge in [0.2, 0.25) is 12.1 Å². The summed E-state index contributed by atoms with van der Waals surface area (Å²) in [6.07, 6.45) is -23.1. The maximum Gasteiger partial charge on any atom is 0.280 e. The quantitative estimate of drug-likeness (QED) is 0.0377. The van der Waals surface area contributed by atoms with Gasteiger partial charge in [-0.2, -0.15) is 0 Å². The van der Waals surface area contributed by atoms with E-state index >= 15 is 0 Å². The molecule has 0 unspecified atom stereocenters. The van der Waals surface area contributed by atoms with E-state index < -0.39 is 245 Å². The molecule has 2 saturated carbocycles. The van der Waals surface area contributed by atoms with E-state index in [1.165, 1.54) is 58.1 Å². The second-order valence-electron chi connectivity index (χ2n) is 25.3. The van der Waals surface area contributed by atoms with Gasteiger partial charge in [0.1, 0.15) is 83.9 Å². The van der Waals surface area contributed by atoms with Crippen LogP contribution in [0.1, 0.15) is 49.5 Å². The van der Waals surface area contributed by atoms with Gasteiger partial charge in [0.15, 0.2) is 53.6 Å². The highest BCUT2D eigenvalue weighted by molar-refractivity contribution is 6.25. The van der Waals surface area contributed by atoms with Crippen molar-refractivity contribution in [2.75, 3.05) is 41.8 Å². The number of Topliss-reactive ketones (excluding diaryl/α,β-unsaturated/α-hetero) is 3. The van der Waals surface area contributed by atoms with Crippen LogP contribution in [-0.2, 0) is 57.9 Å². The van der Waals surface area contributed by atoms with Crippen LogP contribution < -0.4 is 43.8 Å². The maximum absolute atomic E-state index is 13.3. The van der Waals surface area contributed by atoms with Crippen LogP contribution in [0.3, 0.4) is 0 Å². The smallest absolute Gasteiger partial charge is 0.280 e. The van der Waals surface area contributed by atoms with Crippen LogP contribution in [0.25, 0.3) is 0 Å². The first-order valence-corrected chi connectivity index (χ1v) is 30.2. The third-order valence-electron chi connectivity index (χ3n) is 19.4. The number of nitrogens with zero attached hydrogens (tertiary/aromatic N) is 1. The third kappa shape index (κ3) is 12.7. The fourth-order valence-electron chi connectivity index (χ4n) is 14.4. The number of aromatic hydroxyl groups is 1. The van der Waals surface area contributed by atoms with Crippen molar-refractivity contribution >= 4 is 41.5 Å². The lowest BCUT2D eigenvalue weighted by molar-refractivity contribution is -0.420. The minimum Gasteiger partial charge on any atom is -0.510 e. The van der Waals surface area contributed by atoms with Gasteiger partial charge in [-0.1, -0.05) is 12.1 Å². The van der Waals surface area contributed by atoms with Crippen LogP contribution in [0.2, 0.25) is 0 Å². The Morgan fingerprint density at radius 1 is 0.747 bits per heavy atom. The minimum atomic E-state index is -2.75. The Hall–Kier alpha value is -6.13. The molecule has 0 radical (unpaired) electrons. The Morgan fingerprint density at radius 2 is 1.34 bits per heavy atom. The van der Waals surface area contributed by atoms with E-state index in [-0.39, 0.29) is 30.3 Å². The maximum atomic E-state index is 13.3. The normalized spacial score (nSPS) is 44.5. The lowest BCUT2D eigenvalue weighted by Crippen LogP contribution is -2.77. The molecular weight excluding hydrogens is 1270 g/mol. The number of benzene rings is 1. The minimum absolute atomic E-state index is 0.00220. The number of hydrogen-bond donors (Lipinski definition) is 25. The first-order valence-electron chi connectivity index (χ1n) is 30.2. The average Bonchev–Trinajstić information content (AvgIpc) is 1.20. The molecule has 29 atom stereocenters. The summed E-state index contributed by atoms with van der Waals surface area (Å²) in [5.41, 5.74) is 7.72. The number of ketones is 3. The average molecular weight is 1360 g/mol. The zero-order valence-electron chi connectivity index (χ0n) is 52.7. The number of phenols is 1. The summed E-state index contributed by atoms with van der Waals surface area (Å²) in [6.45, 7) is 3.71. The zero-order chi connectivity index (χ0) is 71.0. The molecule has 38 nitrogen and oxygen atoms in total. The summed E-state index contributed by atoms with van der Waals surface area (Å²) in [6, 6.07) is -2.20. The molecule has 1 amide bonds. The highest BCUT2D eigenvalue weighted by atomic mass is 16.8. The Morgan fingerprint density at radius 3 is 1.89 bits per heavy atom. The molecule has 532 valence electrons. The van der Waals surface area contributed by atoms with Gasteiger partial charge in [-0.05, 0) is 74.1 Å². The number of ether oxygens (including phenoxy) is 7. The van der Waals surface area contributed by atoms with E-state index in [4.69, 9.17) is 61.2 Å². The van der Waals surface area contributed by atoms with Crippen LogP contribution in [0.15, 0.2) is 40.9 Å². The van der Waals surface area contributed by atoms with Crippen molar-refractivity contribution < 1.29 is 134 Å². The molecule has 1 aromatic carbocycles. The molecule has 0 aromatic heterocycles. The predicted octanol–water partition coefficient (Wildman–Crippen LogP) is -10.9. The molecule has 95 heavy (non-hydrogen) atoms. The first-order chi connectivity index (χ1) is 44.3. The van der Waals surface area contributed by atoms with E-state index in [0.29, 0.717) is 0 Å². The number of guanidine groups is 2.